The Morgan fingerprint density at radius 2 is 1.93 bits per heavy atom. The van der Waals surface area contributed by atoms with E-state index in [9.17, 15) is 28.4 Å². The van der Waals surface area contributed by atoms with E-state index in [0.717, 1.165) is 30.0 Å². The summed E-state index contributed by atoms with van der Waals surface area (Å²) in [5.41, 5.74) is 0.353. The number of hydrogen-bond acceptors (Lipinski definition) is 7. The Morgan fingerprint density at radius 1 is 1.21 bits per heavy atom. The van der Waals surface area contributed by atoms with Gasteiger partial charge in [-0.15, -0.1) is 4.40 Å². The number of carbonyl (C=O) groups excluding carboxylic acids is 1. The monoisotopic (exact) mass is 419 g/mol. The van der Waals surface area contributed by atoms with Crippen LogP contribution in [0.5, 0.6) is 5.75 Å². The molecule has 0 aliphatic carbocycles. The minimum atomic E-state index is -3.88. The van der Waals surface area contributed by atoms with Crippen LogP contribution in [0.2, 0.25) is 0 Å². The highest BCUT2D eigenvalue weighted by atomic mass is 32.2. The number of aromatic hydroxyl groups is 1. The third-order valence-corrected chi connectivity index (χ3v) is 5.76. The first-order valence-corrected chi connectivity index (χ1v) is 10.2. The van der Waals surface area contributed by atoms with E-state index < -0.39 is 20.9 Å². The number of phenolic OH excluding ortho intramolecular Hbond substituents is 1. The first-order chi connectivity index (χ1) is 13.2. The highest BCUT2D eigenvalue weighted by Gasteiger charge is 2.26. The van der Waals surface area contributed by atoms with Gasteiger partial charge in [-0.2, -0.15) is 0 Å². The number of nitrogens with one attached hydrogen (secondary N) is 1. The largest absolute Gasteiger partial charge is 0.507 e. The van der Waals surface area contributed by atoms with Gasteiger partial charge >= 0.3 is 0 Å². The molecule has 0 unspecified atom stereocenters. The van der Waals surface area contributed by atoms with Crippen LogP contribution in [0.25, 0.3) is 6.08 Å². The molecule has 9 nitrogen and oxygen atoms in total. The van der Waals surface area contributed by atoms with Gasteiger partial charge in [-0.05, 0) is 29.5 Å². The fraction of sp³-hybridized carbons (Fsp3) is 0.0588. The van der Waals surface area contributed by atoms with Crippen LogP contribution in [0.1, 0.15) is 11.1 Å². The van der Waals surface area contributed by atoms with Gasteiger partial charge in [-0.25, -0.2) is 8.42 Å². The molecule has 144 valence electrons. The maximum absolute atomic E-state index is 12.2. The first kappa shape index (κ1) is 19.6. The predicted octanol–water partition coefficient (Wildman–Crippen LogP) is 2.39. The third kappa shape index (κ3) is 4.75. The molecule has 1 aliphatic rings. The summed E-state index contributed by atoms with van der Waals surface area (Å²) in [6, 6.07) is 11.8. The Bertz CT molecular complexity index is 1110. The number of benzene rings is 2. The lowest BCUT2D eigenvalue weighted by molar-refractivity contribution is -0.384. The van der Waals surface area contributed by atoms with E-state index in [2.05, 4.69) is 9.71 Å². The number of non-ortho nitro benzene ring substituents is 1. The summed E-state index contributed by atoms with van der Waals surface area (Å²) in [6.45, 7) is 0. The van der Waals surface area contributed by atoms with Gasteiger partial charge < -0.3 is 5.11 Å². The molecule has 1 heterocycles. The van der Waals surface area contributed by atoms with Crippen molar-refractivity contribution in [2.24, 2.45) is 4.40 Å². The SMILES string of the molecule is O=C1N/C(=N\S(=O)(=O)Cc2ccccc2)S/C1=C\c1cc([N+](=O)[O-])ccc1O. The average Bonchev–Trinajstić information content (AvgIpc) is 2.95. The smallest absolute Gasteiger partial charge is 0.270 e. The molecule has 2 aromatic carbocycles. The van der Waals surface area contributed by atoms with E-state index >= 15 is 0 Å². The molecule has 1 aliphatic heterocycles. The molecule has 3 rings (SSSR count). The molecule has 1 fully saturated rings. The number of phenols is 1. The van der Waals surface area contributed by atoms with Gasteiger partial charge in [0, 0.05) is 17.7 Å². The number of nitro benzene ring substituents is 1. The number of amidine groups is 1. The summed E-state index contributed by atoms with van der Waals surface area (Å²) in [7, 11) is -3.88. The van der Waals surface area contributed by atoms with Crippen molar-refractivity contribution < 1.29 is 23.2 Å². The number of hydrogen-bond donors (Lipinski definition) is 2. The minimum Gasteiger partial charge on any atom is -0.507 e. The molecule has 1 saturated heterocycles. The van der Waals surface area contributed by atoms with E-state index in [1.807, 2.05) is 0 Å². The Balaban J connectivity index is 1.83. The van der Waals surface area contributed by atoms with E-state index in [-0.39, 0.29) is 32.8 Å². The van der Waals surface area contributed by atoms with Crippen molar-refractivity contribution in [2.75, 3.05) is 0 Å². The molecule has 11 heteroatoms. The molecular formula is C17H13N3O6S2. The number of carbonyl (C=O) groups is 1. The Morgan fingerprint density at radius 3 is 2.61 bits per heavy atom. The predicted molar refractivity (Wildman–Crippen MR) is 105 cm³/mol. The third-order valence-electron chi connectivity index (χ3n) is 3.57. The Hall–Kier alpha value is -3.18. The number of sulfonamides is 1. The van der Waals surface area contributed by atoms with Crippen molar-refractivity contribution in [1.29, 1.82) is 0 Å². The van der Waals surface area contributed by atoms with Crippen molar-refractivity contribution >= 4 is 44.6 Å². The van der Waals surface area contributed by atoms with Crippen LogP contribution in [0.4, 0.5) is 5.69 Å². The molecule has 1 amide bonds. The van der Waals surface area contributed by atoms with Crippen LogP contribution in [0.15, 0.2) is 57.8 Å². The van der Waals surface area contributed by atoms with Gasteiger partial charge in [-0.3, -0.25) is 20.2 Å². The highest BCUT2D eigenvalue weighted by molar-refractivity contribution is 8.19. The topological polar surface area (TPSA) is 139 Å². The summed E-state index contributed by atoms with van der Waals surface area (Å²) in [5, 5.41) is 22.9. The molecule has 0 atom stereocenters. The Kier molecular flexibility index (Phi) is 5.47. The van der Waals surface area contributed by atoms with E-state index in [4.69, 9.17) is 0 Å². The fourth-order valence-corrected chi connectivity index (χ4v) is 4.47. The van der Waals surface area contributed by atoms with Crippen LogP contribution in [-0.4, -0.2) is 29.5 Å². The average molecular weight is 419 g/mol. The van der Waals surface area contributed by atoms with E-state index in [0.29, 0.717) is 5.56 Å². The van der Waals surface area contributed by atoms with Crippen LogP contribution in [0.3, 0.4) is 0 Å². The van der Waals surface area contributed by atoms with Crippen molar-refractivity contribution in [3.63, 3.8) is 0 Å². The molecule has 0 aromatic heterocycles. The summed E-state index contributed by atoms with van der Waals surface area (Å²) >= 11 is 0.764. The quantitative estimate of drug-likeness (QED) is 0.431. The molecular weight excluding hydrogens is 406 g/mol. The maximum Gasteiger partial charge on any atom is 0.270 e. The number of thioether (sulfide) groups is 1. The van der Waals surface area contributed by atoms with Crippen molar-refractivity contribution in [3.05, 3.63) is 74.7 Å². The number of amides is 1. The first-order valence-electron chi connectivity index (χ1n) is 7.78. The fourth-order valence-electron chi connectivity index (χ4n) is 2.33. The minimum absolute atomic E-state index is 0.0458. The van der Waals surface area contributed by atoms with Gasteiger partial charge in [0.1, 0.15) is 5.75 Å². The van der Waals surface area contributed by atoms with Crippen LogP contribution < -0.4 is 5.32 Å². The summed E-state index contributed by atoms with van der Waals surface area (Å²) in [4.78, 5) is 22.3. The summed E-state index contributed by atoms with van der Waals surface area (Å²) in [6.07, 6.45) is 1.23. The number of rotatable bonds is 5. The van der Waals surface area contributed by atoms with Gasteiger partial charge in [0.25, 0.3) is 21.6 Å². The number of nitro groups is 1. The zero-order valence-electron chi connectivity index (χ0n) is 14.1. The van der Waals surface area contributed by atoms with Gasteiger partial charge in [0.05, 0.1) is 15.6 Å². The van der Waals surface area contributed by atoms with Gasteiger partial charge in [-0.1, -0.05) is 30.3 Å². The molecule has 0 radical (unpaired) electrons. The lowest BCUT2D eigenvalue weighted by Crippen LogP contribution is -2.21. The molecule has 28 heavy (non-hydrogen) atoms. The molecule has 2 N–H and O–H groups in total. The Labute approximate surface area is 164 Å². The van der Waals surface area contributed by atoms with Crippen LogP contribution in [0, 0.1) is 10.1 Å². The van der Waals surface area contributed by atoms with Crippen LogP contribution >= 0.6 is 11.8 Å². The van der Waals surface area contributed by atoms with E-state index in [1.54, 1.807) is 30.3 Å². The van der Waals surface area contributed by atoms with Crippen molar-refractivity contribution in [3.8, 4) is 5.75 Å². The molecule has 0 saturated carbocycles. The van der Waals surface area contributed by atoms with Gasteiger partial charge in [0.15, 0.2) is 5.17 Å². The normalized spacial score (nSPS) is 17.1. The molecule has 2 aromatic rings. The van der Waals surface area contributed by atoms with Crippen molar-refractivity contribution in [1.82, 2.24) is 5.32 Å². The lowest BCUT2D eigenvalue weighted by atomic mass is 10.1. The van der Waals surface area contributed by atoms with Crippen LogP contribution in [-0.2, 0) is 20.6 Å². The zero-order valence-corrected chi connectivity index (χ0v) is 15.7. The lowest BCUT2D eigenvalue weighted by Gasteiger charge is -2.00. The standard InChI is InChI=1S/C17H13N3O6S2/c21-14-7-6-13(20(23)24)8-12(14)9-15-16(22)18-17(27-15)19-28(25,26)10-11-4-2-1-3-5-11/h1-9,21H,10H2,(H,18,19,22)/b15-9-. The maximum atomic E-state index is 12.2. The van der Waals surface area contributed by atoms with Gasteiger partial charge in [0.2, 0.25) is 0 Å². The molecule has 0 bridgehead atoms. The summed E-state index contributed by atoms with van der Waals surface area (Å²) < 4.78 is 28.1. The highest BCUT2D eigenvalue weighted by Crippen LogP contribution is 2.31. The second-order valence-corrected chi connectivity index (χ2v) is 8.34. The second kappa shape index (κ2) is 7.82. The second-order valence-electron chi connectivity index (χ2n) is 5.67. The van der Waals surface area contributed by atoms with Crippen molar-refractivity contribution in [2.45, 2.75) is 5.75 Å². The molecule has 0 spiro atoms. The number of nitrogens with zero attached hydrogens (tertiary/aromatic N) is 2. The van der Waals surface area contributed by atoms with E-state index in [1.165, 1.54) is 6.08 Å². The summed E-state index contributed by atoms with van der Waals surface area (Å²) in [5.74, 6) is -1.20. The zero-order chi connectivity index (χ0) is 20.3.